The highest BCUT2D eigenvalue weighted by atomic mass is 127. The molecule has 2 aliphatic rings. The first kappa shape index (κ1) is 28.1. The smallest absolute Gasteiger partial charge is 0.249 e. The van der Waals surface area contributed by atoms with E-state index in [9.17, 15) is 19.8 Å². The summed E-state index contributed by atoms with van der Waals surface area (Å²) in [5, 5.41) is 23.3. The third-order valence-electron chi connectivity index (χ3n) is 6.25. The number of carbonyl (C=O) groups is 2. The number of aliphatic hydroxyl groups excluding tert-OH is 2. The van der Waals surface area contributed by atoms with E-state index < -0.39 is 24.2 Å². The van der Waals surface area contributed by atoms with Crippen molar-refractivity contribution in [2.45, 2.75) is 38.1 Å². The van der Waals surface area contributed by atoms with Crippen LogP contribution in [0.4, 0.5) is 0 Å². The summed E-state index contributed by atoms with van der Waals surface area (Å²) in [7, 11) is 0. The van der Waals surface area contributed by atoms with Gasteiger partial charge in [0.1, 0.15) is 24.6 Å². The molecule has 0 saturated heterocycles. The van der Waals surface area contributed by atoms with Gasteiger partial charge in [0.2, 0.25) is 18.6 Å². The Hall–Kier alpha value is -2.87. The first-order valence-electron chi connectivity index (χ1n) is 12.4. The van der Waals surface area contributed by atoms with E-state index in [1.807, 2.05) is 24.3 Å². The molecular weight excluding hydrogens is 607 g/mol. The summed E-state index contributed by atoms with van der Waals surface area (Å²) in [6.45, 7) is 2.10. The second kappa shape index (κ2) is 13.3. The lowest BCUT2D eigenvalue weighted by molar-refractivity contribution is -0.144. The van der Waals surface area contributed by atoms with Gasteiger partial charge in [0.15, 0.2) is 11.5 Å². The first-order valence-corrected chi connectivity index (χ1v) is 13.4. The Balaban J connectivity index is 1.66. The molecule has 0 aromatic heterocycles. The number of aliphatic hydroxyl groups is 2. The number of amides is 2. The maximum atomic E-state index is 13.4. The van der Waals surface area contributed by atoms with Gasteiger partial charge in [-0.3, -0.25) is 9.59 Å². The van der Waals surface area contributed by atoms with E-state index in [1.165, 1.54) is 4.90 Å². The minimum Gasteiger partial charge on any atom is -0.482 e. The zero-order valence-corrected chi connectivity index (χ0v) is 23.1. The maximum Gasteiger partial charge on any atom is 0.249 e. The molecule has 10 nitrogen and oxygen atoms in total. The Morgan fingerprint density at radius 2 is 1.97 bits per heavy atom. The molecule has 11 heteroatoms. The average Bonchev–Trinajstić information content (AvgIpc) is 3.39. The van der Waals surface area contributed by atoms with E-state index >= 15 is 0 Å². The fraction of sp³-hybridized carbons (Fsp3) is 0.407. The summed E-state index contributed by atoms with van der Waals surface area (Å²) in [4.78, 5) is 27.9. The number of ether oxygens (including phenoxy) is 4. The van der Waals surface area contributed by atoms with Crippen LogP contribution in [0, 0.1) is 3.57 Å². The predicted molar refractivity (Wildman–Crippen MR) is 146 cm³/mol. The van der Waals surface area contributed by atoms with Crippen molar-refractivity contribution < 1.29 is 38.7 Å². The monoisotopic (exact) mass is 638 g/mol. The van der Waals surface area contributed by atoms with Gasteiger partial charge in [0.25, 0.3) is 0 Å². The summed E-state index contributed by atoms with van der Waals surface area (Å²) in [5.41, 5.74) is 1.12. The minimum atomic E-state index is -1.14. The van der Waals surface area contributed by atoms with Crippen molar-refractivity contribution in [1.82, 2.24) is 10.2 Å². The van der Waals surface area contributed by atoms with E-state index in [1.54, 1.807) is 31.2 Å². The van der Waals surface area contributed by atoms with Crippen LogP contribution in [0.25, 0.3) is 0 Å². The second-order valence-electron chi connectivity index (χ2n) is 8.79. The Morgan fingerprint density at radius 3 is 2.74 bits per heavy atom. The molecule has 0 saturated carbocycles. The number of nitrogens with zero attached hydrogens (tertiary/aromatic N) is 1. The van der Waals surface area contributed by atoms with E-state index in [0.717, 1.165) is 9.13 Å². The summed E-state index contributed by atoms with van der Waals surface area (Å²) in [5.74, 6) is 1.02. The fourth-order valence-electron chi connectivity index (χ4n) is 4.37. The molecule has 3 atom stereocenters. The lowest BCUT2D eigenvalue weighted by Gasteiger charge is -2.40. The second-order valence-corrected chi connectivity index (χ2v) is 9.95. The molecule has 3 N–H and O–H groups in total. The fourth-order valence-corrected chi connectivity index (χ4v) is 4.88. The van der Waals surface area contributed by atoms with Crippen LogP contribution in [-0.4, -0.2) is 78.3 Å². The van der Waals surface area contributed by atoms with Crippen molar-refractivity contribution in [2.24, 2.45) is 0 Å². The molecule has 1 aliphatic heterocycles. The van der Waals surface area contributed by atoms with Crippen LogP contribution >= 0.6 is 22.6 Å². The molecule has 2 aromatic rings. The van der Waals surface area contributed by atoms with Crippen LogP contribution in [0.5, 0.6) is 17.2 Å². The van der Waals surface area contributed by atoms with Gasteiger partial charge in [0, 0.05) is 31.7 Å². The highest BCUT2D eigenvalue weighted by molar-refractivity contribution is 14.1. The number of rotatable bonds is 11. The Morgan fingerprint density at radius 1 is 1.18 bits per heavy atom. The minimum absolute atomic E-state index is 0.0791. The van der Waals surface area contributed by atoms with Crippen LogP contribution < -0.4 is 19.5 Å². The number of carbonyl (C=O) groups excluding carboxylic acids is 2. The summed E-state index contributed by atoms with van der Waals surface area (Å²) in [6, 6.07) is 12.0. The molecule has 2 aromatic carbocycles. The zero-order chi connectivity index (χ0) is 27.1. The lowest BCUT2D eigenvalue weighted by Crippen LogP contribution is -2.55. The molecule has 0 spiro atoms. The average molecular weight is 638 g/mol. The van der Waals surface area contributed by atoms with Gasteiger partial charge in [-0.15, -0.1) is 0 Å². The molecule has 2 amide bonds. The SMILES string of the molecule is CCOCC(=O)N(Cc1ccc2c(c1)OCO2)C1CC(C(=O)NCCO)=CC(Oc2ccccc2I)C1O. The van der Waals surface area contributed by atoms with Gasteiger partial charge >= 0.3 is 0 Å². The topological polar surface area (TPSA) is 127 Å². The number of benzene rings is 2. The van der Waals surface area contributed by atoms with E-state index in [4.69, 9.17) is 18.9 Å². The summed E-state index contributed by atoms with van der Waals surface area (Å²) >= 11 is 2.14. The molecule has 0 bridgehead atoms. The van der Waals surface area contributed by atoms with Crippen molar-refractivity contribution in [3.8, 4) is 17.2 Å². The number of halogens is 1. The Bertz CT molecular complexity index is 1170. The highest BCUT2D eigenvalue weighted by Gasteiger charge is 2.40. The Kier molecular flexibility index (Phi) is 9.83. The van der Waals surface area contributed by atoms with Crippen molar-refractivity contribution in [2.75, 3.05) is 33.2 Å². The first-order chi connectivity index (χ1) is 18.4. The van der Waals surface area contributed by atoms with Crippen molar-refractivity contribution >= 4 is 34.4 Å². The van der Waals surface area contributed by atoms with Crippen LogP contribution in [0.15, 0.2) is 54.1 Å². The van der Waals surface area contributed by atoms with Crippen LogP contribution in [0.2, 0.25) is 0 Å². The number of para-hydroxylation sites is 1. The van der Waals surface area contributed by atoms with Crippen molar-refractivity contribution in [1.29, 1.82) is 0 Å². The van der Waals surface area contributed by atoms with Crippen LogP contribution in [0.1, 0.15) is 18.9 Å². The van der Waals surface area contributed by atoms with Crippen LogP contribution in [-0.2, 0) is 20.9 Å². The third kappa shape index (κ3) is 6.76. The molecule has 4 rings (SSSR count). The normalized spacial score (nSPS) is 20.0. The molecule has 204 valence electrons. The van der Waals surface area contributed by atoms with E-state index in [-0.39, 0.29) is 45.4 Å². The number of fused-ring (bicyclic) bond motifs is 1. The molecule has 1 aliphatic carbocycles. The van der Waals surface area contributed by atoms with Crippen molar-refractivity contribution in [3.05, 3.63) is 63.2 Å². The highest BCUT2D eigenvalue weighted by Crippen LogP contribution is 2.34. The molecule has 3 unspecified atom stereocenters. The standard InChI is InChI=1S/C27H31IN2O8/c1-2-35-15-25(32)30(14-17-7-8-22-23(11-17)37-16-36-22)20-12-18(27(34)29-9-10-31)13-24(26(20)33)38-21-6-4-3-5-19(21)28/h3-8,11,13,20,24,26,31,33H,2,9-10,12,14-16H2,1H3,(H,29,34). The number of hydrogen-bond donors (Lipinski definition) is 3. The molecule has 0 fully saturated rings. The predicted octanol–water partition coefficient (Wildman–Crippen LogP) is 2.00. The van der Waals surface area contributed by atoms with Gasteiger partial charge in [-0.05, 0) is 65.4 Å². The van der Waals surface area contributed by atoms with E-state index in [0.29, 0.717) is 29.4 Å². The molecule has 38 heavy (non-hydrogen) atoms. The van der Waals surface area contributed by atoms with Crippen molar-refractivity contribution in [3.63, 3.8) is 0 Å². The summed E-state index contributed by atoms with van der Waals surface area (Å²) in [6.07, 6.45) is -0.367. The molecule has 1 heterocycles. The number of nitrogens with one attached hydrogen (secondary N) is 1. The number of hydrogen-bond acceptors (Lipinski definition) is 8. The zero-order valence-electron chi connectivity index (χ0n) is 21.0. The molecular formula is C27H31IN2O8. The molecule has 0 radical (unpaired) electrons. The van der Waals surface area contributed by atoms with Gasteiger partial charge in [-0.25, -0.2) is 0 Å². The quantitative estimate of drug-likeness (QED) is 0.320. The van der Waals surface area contributed by atoms with Gasteiger partial charge in [-0.2, -0.15) is 0 Å². The third-order valence-corrected chi connectivity index (χ3v) is 7.15. The van der Waals surface area contributed by atoms with Crippen LogP contribution in [0.3, 0.4) is 0 Å². The maximum absolute atomic E-state index is 13.4. The van der Waals surface area contributed by atoms with E-state index in [2.05, 4.69) is 27.9 Å². The lowest BCUT2D eigenvalue weighted by atomic mass is 9.87. The van der Waals surface area contributed by atoms with Gasteiger partial charge < -0.3 is 39.4 Å². The summed E-state index contributed by atoms with van der Waals surface area (Å²) < 4.78 is 23.3. The Labute approximate surface area is 234 Å². The van der Waals surface area contributed by atoms with Gasteiger partial charge in [-0.1, -0.05) is 18.2 Å². The largest absolute Gasteiger partial charge is 0.482 e. The van der Waals surface area contributed by atoms with Gasteiger partial charge in [0.05, 0.1) is 16.2 Å².